The molecule has 3 heterocycles. The molecule has 0 atom stereocenters. The molecule has 0 unspecified atom stereocenters. The summed E-state index contributed by atoms with van der Waals surface area (Å²) in [4.78, 5) is 25.1. The van der Waals surface area contributed by atoms with Gasteiger partial charge in [0.2, 0.25) is 0 Å². The van der Waals surface area contributed by atoms with Crippen molar-refractivity contribution in [3.63, 3.8) is 0 Å². The van der Waals surface area contributed by atoms with Gasteiger partial charge in [0, 0.05) is 17.8 Å². The topological polar surface area (TPSA) is 119 Å². The Hall–Kier alpha value is -3.43. The summed E-state index contributed by atoms with van der Waals surface area (Å²) in [5.41, 5.74) is 7.45. The van der Waals surface area contributed by atoms with Crippen molar-refractivity contribution in [3.05, 3.63) is 36.5 Å². The Bertz CT molecular complexity index is 1130. The molecule has 0 radical (unpaired) electrons. The Labute approximate surface area is 192 Å². The number of halogens is 1. The van der Waals surface area contributed by atoms with Crippen molar-refractivity contribution in [2.24, 2.45) is 5.92 Å². The van der Waals surface area contributed by atoms with Gasteiger partial charge in [-0.1, -0.05) is 0 Å². The highest BCUT2D eigenvalue weighted by Gasteiger charge is 2.24. The molecule has 0 aromatic carbocycles. The van der Waals surface area contributed by atoms with Gasteiger partial charge in [0.15, 0.2) is 11.6 Å². The number of ether oxygens (including phenoxy) is 1. The number of pyridine rings is 1. The van der Waals surface area contributed by atoms with Crippen LogP contribution in [0, 0.1) is 11.7 Å². The number of nitrogen functional groups attached to an aromatic ring is 1. The summed E-state index contributed by atoms with van der Waals surface area (Å²) in [5.74, 6) is 0.930. The van der Waals surface area contributed by atoms with Crippen LogP contribution >= 0.6 is 0 Å². The molecule has 0 saturated heterocycles. The number of nitrogens with one attached hydrogen (secondary N) is 2. The fourth-order valence-corrected chi connectivity index (χ4v) is 3.95. The first-order valence-electron chi connectivity index (χ1n) is 11.1. The molecule has 4 rings (SSSR count). The van der Waals surface area contributed by atoms with Crippen LogP contribution in [0.15, 0.2) is 30.7 Å². The van der Waals surface area contributed by atoms with Crippen LogP contribution < -0.4 is 16.4 Å². The summed E-state index contributed by atoms with van der Waals surface area (Å²) in [6.07, 6.45) is 7.84. The zero-order chi connectivity index (χ0) is 23.6. The van der Waals surface area contributed by atoms with Crippen LogP contribution in [0.4, 0.5) is 20.7 Å². The smallest absolute Gasteiger partial charge is 0.407 e. The van der Waals surface area contributed by atoms with Crippen LogP contribution in [0.2, 0.25) is 0 Å². The number of anilines is 2. The molecule has 33 heavy (non-hydrogen) atoms. The van der Waals surface area contributed by atoms with E-state index in [-0.39, 0.29) is 23.5 Å². The lowest BCUT2D eigenvalue weighted by molar-refractivity contribution is 0.108. The van der Waals surface area contributed by atoms with Crippen LogP contribution in [0.5, 0.6) is 0 Å². The molecule has 4 N–H and O–H groups in total. The first-order valence-corrected chi connectivity index (χ1v) is 11.1. The second-order valence-corrected chi connectivity index (χ2v) is 9.55. The minimum atomic E-state index is -0.378. The number of hydrogen-bond acceptors (Lipinski definition) is 7. The number of alkyl carbamates (subject to hydrolysis) is 1. The summed E-state index contributed by atoms with van der Waals surface area (Å²) < 4.78 is 20.7. The third kappa shape index (κ3) is 5.68. The number of nitrogens with zero attached hydrogens (tertiary/aromatic N) is 4. The van der Waals surface area contributed by atoms with Crippen molar-refractivity contribution >= 4 is 23.2 Å². The molecule has 0 aliphatic heterocycles. The maximum absolute atomic E-state index is 13.7. The average Bonchev–Trinajstić information content (AvgIpc) is 3.16. The minimum Gasteiger partial charge on any atom is -0.449 e. The van der Waals surface area contributed by atoms with Gasteiger partial charge >= 0.3 is 6.09 Å². The highest BCUT2D eigenvalue weighted by Crippen LogP contribution is 2.29. The zero-order valence-electron chi connectivity index (χ0n) is 19.1. The maximum atomic E-state index is 13.7. The summed E-state index contributed by atoms with van der Waals surface area (Å²) in [6, 6.07) is 3.17. The number of imidazole rings is 1. The molecule has 1 saturated carbocycles. The molecular weight excluding hydrogens is 425 g/mol. The molecule has 176 valence electrons. The number of aromatic nitrogens is 4. The standard InChI is InChI=1S/C23H30FN7O2/c1-23(2,3)30-22(32)33-13-14-4-7-16(8-5-14)28-20-17(25)10-27-21(29-20)18-11-26-19-9-6-15(24)12-31(18)19/h6,9-12,14,16H,4-5,7-8,13,25H2,1-3H3,(H,30,32)(H,27,28,29). The second-order valence-electron chi connectivity index (χ2n) is 9.55. The number of fused-ring (bicyclic) bond motifs is 1. The Morgan fingerprint density at radius 3 is 2.70 bits per heavy atom. The van der Waals surface area contributed by atoms with Gasteiger partial charge in [0.05, 0.1) is 24.7 Å². The van der Waals surface area contributed by atoms with Crippen molar-refractivity contribution < 1.29 is 13.9 Å². The van der Waals surface area contributed by atoms with Crippen LogP contribution in [0.3, 0.4) is 0 Å². The largest absolute Gasteiger partial charge is 0.449 e. The summed E-state index contributed by atoms with van der Waals surface area (Å²) >= 11 is 0. The van der Waals surface area contributed by atoms with Gasteiger partial charge in [-0.15, -0.1) is 0 Å². The molecule has 3 aromatic rings. The van der Waals surface area contributed by atoms with Crippen LogP contribution in [0.25, 0.3) is 17.2 Å². The molecule has 1 aliphatic rings. The van der Waals surface area contributed by atoms with Gasteiger partial charge in [0.1, 0.15) is 17.2 Å². The van der Waals surface area contributed by atoms with Gasteiger partial charge in [0.25, 0.3) is 0 Å². The van der Waals surface area contributed by atoms with Crippen molar-refractivity contribution in [1.29, 1.82) is 0 Å². The lowest BCUT2D eigenvalue weighted by atomic mass is 9.86. The van der Waals surface area contributed by atoms with Gasteiger partial charge in [-0.05, 0) is 64.5 Å². The number of carbonyl (C=O) groups excluding carboxylic acids is 1. The molecule has 10 heteroatoms. The van der Waals surface area contributed by atoms with Crippen LogP contribution in [0.1, 0.15) is 46.5 Å². The van der Waals surface area contributed by atoms with Gasteiger partial charge in [-0.25, -0.2) is 24.1 Å². The highest BCUT2D eigenvalue weighted by molar-refractivity contribution is 5.68. The normalized spacial score (nSPS) is 18.8. The van der Waals surface area contributed by atoms with E-state index in [2.05, 4.69) is 25.6 Å². The molecule has 9 nitrogen and oxygen atoms in total. The van der Waals surface area contributed by atoms with E-state index in [1.807, 2.05) is 20.8 Å². The Morgan fingerprint density at radius 2 is 1.97 bits per heavy atom. The molecule has 0 bridgehead atoms. The van der Waals surface area contributed by atoms with E-state index >= 15 is 0 Å². The summed E-state index contributed by atoms with van der Waals surface area (Å²) in [6.45, 7) is 6.18. The molecule has 1 aliphatic carbocycles. The molecule has 0 spiro atoms. The van der Waals surface area contributed by atoms with E-state index < -0.39 is 0 Å². The lowest BCUT2D eigenvalue weighted by Crippen LogP contribution is -2.41. The van der Waals surface area contributed by atoms with Crippen LogP contribution in [-0.2, 0) is 4.74 Å². The third-order valence-electron chi connectivity index (χ3n) is 5.63. The van der Waals surface area contributed by atoms with Gasteiger partial charge in [-0.3, -0.25) is 4.40 Å². The molecule has 3 aromatic heterocycles. The zero-order valence-corrected chi connectivity index (χ0v) is 19.1. The van der Waals surface area contributed by atoms with E-state index in [4.69, 9.17) is 10.5 Å². The molecule has 1 fully saturated rings. The fourth-order valence-electron chi connectivity index (χ4n) is 3.95. The highest BCUT2D eigenvalue weighted by atomic mass is 19.1. The van der Waals surface area contributed by atoms with Crippen molar-refractivity contribution in [2.45, 2.75) is 58.0 Å². The average molecular weight is 456 g/mol. The number of amides is 1. The first-order chi connectivity index (χ1) is 15.7. The predicted molar refractivity (Wildman–Crippen MR) is 124 cm³/mol. The van der Waals surface area contributed by atoms with Crippen molar-refractivity contribution in [3.8, 4) is 11.5 Å². The fraction of sp³-hybridized carbons (Fsp3) is 0.478. The summed E-state index contributed by atoms with van der Waals surface area (Å²) in [5, 5.41) is 6.24. The number of hydrogen-bond donors (Lipinski definition) is 3. The minimum absolute atomic E-state index is 0.203. The van der Waals surface area contributed by atoms with Crippen molar-refractivity contribution in [1.82, 2.24) is 24.7 Å². The second kappa shape index (κ2) is 9.21. The molecule has 1 amide bonds. The lowest BCUT2D eigenvalue weighted by Gasteiger charge is -2.30. The Morgan fingerprint density at radius 1 is 1.21 bits per heavy atom. The number of rotatable bonds is 5. The Balaban J connectivity index is 1.36. The quantitative estimate of drug-likeness (QED) is 0.532. The van der Waals surface area contributed by atoms with Gasteiger partial charge < -0.3 is 21.1 Å². The predicted octanol–water partition coefficient (Wildman–Crippen LogP) is 4.01. The monoisotopic (exact) mass is 455 g/mol. The number of carbonyl (C=O) groups is 1. The van der Waals surface area contributed by atoms with E-state index in [1.54, 1.807) is 22.9 Å². The summed E-state index contributed by atoms with van der Waals surface area (Å²) in [7, 11) is 0. The van der Waals surface area contributed by atoms with Crippen LogP contribution in [-0.4, -0.2) is 43.6 Å². The SMILES string of the molecule is CC(C)(C)NC(=O)OCC1CCC(Nc2nc(-c3cnc4ccc(F)cn34)ncc2N)CC1. The van der Waals surface area contributed by atoms with E-state index in [0.29, 0.717) is 41.2 Å². The van der Waals surface area contributed by atoms with Gasteiger partial charge in [-0.2, -0.15) is 0 Å². The molecular formula is C23H30FN7O2. The van der Waals surface area contributed by atoms with E-state index in [9.17, 15) is 9.18 Å². The Kier molecular flexibility index (Phi) is 6.35. The third-order valence-corrected chi connectivity index (χ3v) is 5.63. The first kappa shape index (κ1) is 22.8. The van der Waals surface area contributed by atoms with Crippen molar-refractivity contribution in [2.75, 3.05) is 17.7 Å². The maximum Gasteiger partial charge on any atom is 0.407 e. The van der Waals surface area contributed by atoms with E-state index in [0.717, 1.165) is 25.7 Å². The number of nitrogens with two attached hydrogens (primary N) is 1. The van der Waals surface area contributed by atoms with E-state index in [1.165, 1.54) is 12.3 Å².